The minimum absolute atomic E-state index is 0.682. The summed E-state index contributed by atoms with van der Waals surface area (Å²) in [4.78, 5) is 2.33. The zero-order chi connectivity index (χ0) is 11.1. The van der Waals surface area contributed by atoms with Crippen LogP contribution in [-0.2, 0) is 6.54 Å². The van der Waals surface area contributed by atoms with Gasteiger partial charge in [0.05, 0.1) is 12.5 Å². The third-order valence-electron chi connectivity index (χ3n) is 2.40. The van der Waals surface area contributed by atoms with E-state index < -0.39 is 0 Å². The highest BCUT2D eigenvalue weighted by Crippen LogP contribution is 2.05. The van der Waals surface area contributed by atoms with E-state index in [1.807, 2.05) is 12.3 Å². The van der Waals surface area contributed by atoms with Gasteiger partial charge in [0.25, 0.3) is 0 Å². The van der Waals surface area contributed by atoms with Gasteiger partial charge in [-0.15, -0.1) is 0 Å². The van der Waals surface area contributed by atoms with Crippen molar-refractivity contribution in [1.82, 2.24) is 10.2 Å². The van der Waals surface area contributed by atoms with Crippen LogP contribution < -0.4 is 5.32 Å². The maximum Gasteiger partial charge on any atom is 0.0947 e. The fraction of sp³-hybridized carbons (Fsp3) is 0.667. The van der Waals surface area contributed by atoms with Crippen LogP contribution in [0.25, 0.3) is 0 Å². The summed E-state index contributed by atoms with van der Waals surface area (Å²) in [6, 6.07) is 2.02. The summed E-state index contributed by atoms with van der Waals surface area (Å²) in [6.07, 6.45) is 3.54. The molecule has 1 rings (SSSR count). The summed E-state index contributed by atoms with van der Waals surface area (Å²) >= 11 is 0. The number of hydrogen-bond acceptors (Lipinski definition) is 3. The Bertz CT molecular complexity index is 246. The van der Waals surface area contributed by atoms with Gasteiger partial charge < -0.3 is 14.6 Å². The lowest BCUT2D eigenvalue weighted by Gasteiger charge is -2.20. The minimum atomic E-state index is 0.682. The molecule has 3 heteroatoms. The van der Waals surface area contributed by atoms with Crippen LogP contribution in [0.3, 0.4) is 0 Å². The molecule has 0 aliphatic carbocycles. The summed E-state index contributed by atoms with van der Waals surface area (Å²) in [5.74, 6) is 0.682. The molecule has 1 aromatic heterocycles. The molecular weight excluding hydrogens is 188 g/mol. The smallest absolute Gasteiger partial charge is 0.0947 e. The quantitative estimate of drug-likeness (QED) is 0.745. The molecule has 0 aliphatic heterocycles. The molecule has 0 bridgehead atoms. The molecular formula is C12H22N2O. The summed E-state index contributed by atoms with van der Waals surface area (Å²) in [5, 5.41) is 3.37. The van der Waals surface area contributed by atoms with Crippen LogP contribution in [-0.4, -0.2) is 31.6 Å². The van der Waals surface area contributed by atoms with Gasteiger partial charge in [-0.25, -0.2) is 0 Å². The molecule has 1 unspecified atom stereocenters. The summed E-state index contributed by atoms with van der Waals surface area (Å²) in [7, 11) is 2.15. The Hall–Kier alpha value is -0.800. The van der Waals surface area contributed by atoms with Gasteiger partial charge in [0, 0.05) is 18.7 Å². The van der Waals surface area contributed by atoms with Crippen molar-refractivity contribution in [3.8, 4) is 0 Å². The normalized spacial score (nSPS) is 13.3. The van der Waals surface area contributed by atoms with Gasteiger partial charge in [-0.3, -0.25) is 0 Å². The standard InChI is InChI=1S/C12H22N2O/c1-4-13-7-11(2)8-14(3)9-12-5-6-15-10-12/h5-6,10-11,13H,4,7-9H2,1-3H3. The number of furan rings is 1. The van der Waals surface area contributed by atoms with E-state index in [9.17, 15) is 0 Å². The van der Waals surface area contributed by atoms with Crippen molar-refractivity contribution in [3.63, 3.8) is 0 Å². The molecule has 1 N–H and O–H groups in total. The average molecular weight is 210 g/mol. The highest BCUT2D eigenvalue weighted by molar-refractivity contribution is 5.04. The third-order valence-corrected chi connectivity index (χ3v) is 2.40. The zero-order valence-corrected chi connectivity index (χ0v) is 9.99. The van der Waals surface area contributed by atoms with Gasteiger partial charge in [-0.05, 0) is 32.1 Å². The third kappa shape index (κ3) is 5.00. The largest absolute Gasteiger partial charge is 0.472 e. The molecule has 0 amide bonds. The first-order valence-electron chi connectivity index (χ1n) is 5.62. The van der Waals surface area contributed by atoms with Crippen LogP contribution in [0.5, 0.6) is 0 Å². The topological polar surface area (TPSA) is 28.4 Å². The first-order valence-corrected chi connectivity index (χ1v) is 5.62. The van der Waals surface area contributed by atoms with E-state index in [1.54, 1.807) is 6.26 Å². The van der Waals surface area contributed by atoms with Crippen LogP contribution in [0.4, 0.5) is 0 Å². The second kappa shape index (κ2) is 6.64. The minimum Gasteiger partial charge on any atom is -0.472 e. The Morgan fingerprint density at radius 3 is 2.93 bits per heavy atom. The van der Waals surface area contributed by atoms with Gasteiger partial charge >= 0.3 is 0 Å². The molecule has 0 spiro atoms. The summed E-state index contributed by atoms with van der Waals surface area (Å²) < 4.78 is 5.05. The maximum absolute atomic E-state index is 5.05. The predicted molar refractivity (Wildman–Crippen MR) is 62.7 cm³/mol. The second-order valence-electron chi connectivity index (χ2n) is 4.24. The Morgan fingerprint density at radius 2 is 2.33 bits per heavy atom. The molecule has 0 radical (unpaired) electrons. The van der Waals surface area contributed by atoms with E-state index in [4.69, 9.17) is 4.42 Å². The highest BCUT2D eigenvalue weighted by Gasteiger charge is 2.06. The van der Waals surface area contributed by atoms with E-state index in [0.29, 0.717) is 5.92 Å². The van der Waals surface area contributed by atoms with Crippen molar-refractivity contribution in [1.29, 1.82) is 0 Å². The van der Waals surface area contributed by atoms with Crippen molar-refractivity contribution in [2.75, 3.05) is 26.7 Å². The number of hydrogen-bond donors (Lipinski definition) is 1. The number of nitrogens with zero attached hydrogens (tertiary/aromatic N) is 1. The summed E-state index contributed by atoms with van der Waals surface area (Å²) in [6.45, 7) is 8.63. The molecule has 1 heterocycles. The van der Waals surface area contributed by atoms with E-state index in [0.717, 1.165) is 26.2 Å². The van der Waals surface area contributed by atoms with Crippen LogP contribution in [0.1, 0.15) is 19.4 Å². The van der Waals surface area contributed by atoms with Crippen LogP contribution in [0, 0.1) is 5.92 Å². The van der Waals surface area contributed by atoms with E-state index in [-0.39, 0.29) is 0 Å². The Labute approximate surface area is 92.5 Å². The molecule has 0 saturated heterocycles. The Kier molecular flexibility index (Phi) is 5.43. The van der Waals surface area contributed by atoms with Crippen molar-refractivity contribution in [3.05, 3.63) is 24.2 Å². The lowest BCUT2D eigenvalue weighted by atomic mass is 10.1. The van der Waals surface area contributed by atoms with Crippen molar-refractivity contribution in [2.45, 2.75) is 20.4 Å². The fourth-order valence-corrected chi connectivity index (χ4v) is 1.75. The molecule has 1 atom stereocenters. The van der Waals surface area contributed by atoms with Gasteiger partial charge in [-0.2, -0.15) is 0 Å². The van der Waals surface area contributed by atoms with Gasteiger partial charge in [0.2, 0.25) is 0 Å². The first-order chi connectivity index (χ1) is 7.22. The molecule has 1 aromatic rings. The second-order valence-corrected chi connectivity index (χ2v) is 4.24. The fourth-order valence-electron chi connectivity index (χ4n) is 1.75. The molecule has 0 saturated carbocycles. The average Bonchev–Trinajstić information content (AvgIpc) is 2.67. The molecule has 3 nitrogen and oxygen atoms in total. The van der Waals surface area contributed by atoms with Crippen LogP contribution in [0.2, 0.25) is 0 Å². The Balaban J connectivity index is 2.20. The van der Waals surface area contributed by atoms with E-state index in [1.165, 1.54) is 5.56 Å². The lowest BCUT2D eigenvalue weighted by Crippen LogP contribution is -2.30. The van der Waals surface area contributed by atoms with Crippen molar-refractivity contribution < 1.29 is 4.42 Å². The highest BCUT2D eigenvalue weighted by atomic mass is 16.3. The Morgan fingerprint density at radius 1 is 1.53 bits per heavy atom. The van der Waals surface area contributed by atoms with Crippen molar-refractivity contribution in [2.24, 2.45) is 5.92 Å². The number of rotatable bonds is 7. The zero-order valence-electron chi connectivity index (χ0n) is 9.99. The molecule has 0 fully saturated rings. The lowest BCUT2D eigenvalue weighted by molar-refractivity contribution is 0.274. The van der Waals surface area contributed by atoms with Gasteiger partial charge in [0.15, 0.2) is 0 Å². The van der Waals surface area contributed by atoms with Gasteiger partial charge in [-0.1, -0.05) is 13.8 Å². The summed E-state index contributed by atoms with van der Waals surface area (Å²) in [5.41, 5.74) is 1.24. The monoisotopic (exact) mass is 210 g/mol. The first kappa shape index (κ1) is 12.3. The molecule has 0 aliphatic rings. The predicted octanol–water partition coefficient (Wildman–Crippen LogP) is 1.96. The van der Waals surface area contributed by atoms with Crippen LogP contribution >= 0.6 is 0 Å². The molecule has 15 heavy (non-hydrogen) atoms. The molecule has 86 valence electrons. The molecule has 0 aromatic carbocycles. The van der Waals surface area contributed by atoms with Crippen molar-refractivity contribution >= 4 is 0 Å². The van der Waals surface area contributed by atoms with Crippen LogP contribution in [0.15, 0.2) is 23.0 Å². The number of nitrogens with one attached hydrogen (secondary N) is 1. The maximum atomic E-state index is 5.05. The van der Waals surface area contributed by atoms with E-state index in [2.05, 4.69) is 31.1 Å². The van der Waals surface area contributed by atoms with E-state index >= 15 is 0 Å². The SMILES string of the molecule is CCNCC(C)CN(C)Cc1ccoc1. The van der Waals surface area contributed by atoms with Gasteiger partial charge in [0.1, 0.15) is 0 Å².